The summed E-state index contributed by atoms with van der Waals surface area (Å²) in [7, 11) is 0. The fraction of sp³-hybridized carbons (Fsp3) is 0.421. The van der Waals surface area contributed by atoms with E-state index in [9.17, 15) is 0 Å². The SMILES string of the molecule is Cc1cc(C)cc(-n2ccnc2SC(C)c2nc(C(C)(C)C)no2)c1. The van der Waals surface area contributed by atoms with Gasteiger partial charge in [0.05, 0.1) is 5.25 Å². The zero-order valence-corrected chi connectivity index (χ0v) is 16.4. The Morgan fingerprint density at radius 1 is 1.12 bits per heavy atom. The summed E-state index contributed by atoms with van der Waals surface area (Å²) in [5.41, 5.74) is 3.47. The van der Waals surface area contributed by atoms with E-state index in [-0.39, 0.29) is 10.7 Å². The quantitative estimate of drug-likeness (QED) is 0.614. The highest BCUT2D eigenvalue weighted by atomic mass is 32.2. The standard InChI is InChI=1S/C19H24N4OS/c1-12-9-13(2)11-15(10-12)23-8-7-20-18(23)25-14(3)16-21-17(22-24-16)19(4,5)6/h7-11,14H,1-6H3. The second-order valence-corrected chi connectivity index (χ2v) is 8.70. The Hall–Kier alpha value is -2.08. The summed E-state index contributed by atoms with van der Waals surface area (Å²) in [4.78, 5) is 9.07. The van der Waals surface area contributed by atoms with Crippen molar-refractivity contribution >= 4 is 11.8 Å². The molecule has 3 aromatic rings. The number of aromatic nitrogens is 4. The van der Waals surface area contributed by atoms with E-state index in [1.807, 2.05) is 12.4 Å². The van der Waals surface area contributed by atoms with Crippen molar-refractivity contribution in [3.63, 3.8) is 0 Å². The van der Waals surface area contributed by atoms with Crippen LogP contribution in [0.5, 0.6) is 0 Å². The molecular weight excluding hydrogens is 332 g/mol. The number of thioether (sulfide) groups is 1. The first kappa shape index (κ1) is 17.7. The third kappa shape index (κ3) is 3.95. The maximum atomic E-state index is 5.47. The zero-order valence-electron chi connectivity index (χ0n) is 15.6. The molecule has 25 heavy (non-hydrogen) atoms. The van der Waals surface area contributed by atoms with E-state index in [0.29, 0.717) is 5.89 Å². The van der Waals surface area contributed by atoms with E-state index in [1.54, 1.807) is 11.8 Å². The topological polar surface area (TPSA) is 56.7 Å². The lowest BCUT2D eigenvalue weighted by Gasteiger charge is -2.12. The van der Waals surface area contributed by atoms with Crippen molar-refractivity contribution in [3.8, 4) is 5.69 Å². The van der Waals surface area contributed by atoms with Crippen LogP contribution in [0.15, 0.2) is 40.3 Å². The Labute approximate surface area is 152 Å². The highest BCUT2D eigenvalue weighted by Gasteiger charge is 2.24. The van der Waals surface area contributed by atoms with Crippen molar-refractivity contribution in [2.45, 2.75) is 57.4 Å². The number of hydrogen-bond donors (Lipinski definition) is 0. The van der Waals surface area contributed by atoms with Gasteiger partial charge in [-0.2, -0.15) is 4.98 Å². The van der Waals surface area contributed by atoms with Crippen molar-refractivity contribution in [3.05, 3.63) is 53.4 Å². The van der Waals surface area contributed by atoms with Gasteiger partial charge in [0.2, 0.25) is 5.89 Å². The molecule has 2 aromatic heterocycles. The Bertz CT molecular complexity index is 855. The number of nitrogens with zero attached hydrogens (tertiary/aromatic N) is 4. The molecule has 2 heterocycles. The molecule has 1 aromatic carbocycles. The number of hydrogen-bond acceptors (Lipinski definition) is 5. The fourth-order valence-electron chi connectivity index (χ4n) is 2.58. The van der Waals surface area contributed by atoms with E-state index in [2.05, 4.69) is 79.4 Å². The van der Waals surface area contributed by atoms with Crippen molar-refractivity contribution in [2.24, 2.45) is 0 Å². The minimum Gasteiger partial charge on any atom is -0.338 e. The largest absolute Gasteiger partial charge is 0.338 e. The van der Waals surface area contributed by atoms with Crippen molar-refractivity contribution in [1.82, 2.24) is 19.7 Å². The molecular formula is C19H24N4OS. The normalized spacial score (nSPS) is 13.2. The minimum atomic E-state index is -0.121. The molecule has 5 nitrogen and oxygen atoms in total. The summed E-state index contributed by atoms with van der Waals surface area (Å²) in [5.74, 6) is 1.36. The van der Waals surface area contributed by atoms with Gasteiger partial charge in [0.15, 0.2) is 11.0 Å². The van der Waals surface area contributed by atoms with E-state index in [0.717, 1.165) is 16.7 Å². The average molecular weight is 356 g/mol. The lowest BCUT2D eigenvalue weighted by Crippen LogP contribution is -2.13. The van der Waals surface area contributed by atoms with Gasteiger partial charge >= 0.3 is 0 Å². The summed E-state index contributed by atoms with van der Waals surface area (Å²) in [6.45, 7) is 12.5. The molecule has 6 heteroatoms. The van der Waals surface area contributed by atoms with E-state index < -0.39 is 0 Å². The van der Waals surface area contributed by atoms with Gasteiger partial charge in [0.1, 0.15) is 0 Å². The molecule has 0 radical (unpaired) electrons. The van der Waals surface area contributed by atoms with Gasteiger partial charge in [-0.1, -0.05) is 43.8 Å². The first-order chi connectivity index (χ1) is 11.7. The molecule has 0 saturated carbocycles. The summed E-state index contributed by atoms with van der Waals surface area (Å²) in [5, 5.41) is 5.05. The Kier molecular flexibility index (Phi) is 4.73. The predicted molar refractivity (Wildman–Crippen MR) is 100 cm³/mol. The monoisotopic (exact) mass is 356 g/mol. The van der Waals surface area contributed by atoms with Crippen LogP contribution in [0.3, 0.4) is 0 Å². The Balaban J connectivity index is 1.84. The number of rotatable bonds is 4. The van der Waals surface area contributed by atoms with E-state index in [4.69, 9.17) is 4.52 Å². The summed E-state index contributed by atoms with van der Waals surface area (Å²) >= 11 is 1.62. The number of imidazole rings is 1. The molecule has 0 aliphatic heterocycles. The lowest BCUT2D eigenvalue weighted by atomic mass is 9.96. The van der Waals surface area contributed by atoms with Gasteiger partial charge in [-0.25, -0.2) is 4.98 Å². The van der Waals surface area contributed by atoms with Gasteiger partial charge < -0.3 is 4.52 Å². The van der Waals surface area contributed by atoms with Crippen LogP contribution in [0, 0.1) is 13.8 Å². The van der Waals surface area contributed by atoms with Crippen LogP contribution in [0.1, 0.15) is 55.8 Å². The summed E-state index contributed by atoms with van der Waals surface area (Å²) in [6, 6.07) is 6.49. The second kappa shape index (κ2) is 6.67. The Morgan fingerprint density at radius 3 is 2.40 bits per heavy atom. The van der Waals surface area contributed by atoms with Crippen LogP contribution >= 0.6 is 11.8 Å². The van der Waals surface area contributed by atoms with Gasteiger partial charge in [0.25, 0.3) is 0 Å². The van der Waals surface area contributed by atoms with Crippen LogP contribution in [-0.4, -0.2) is 19.7 Å². The van der Waals surface area contributed by atoms with Crippen LogP contribution in [-0.2, 0) is 5.41 Å². The molecule has 1 atom stereocenters. The maximum Gasteiger partial charge on any atom is 0.239 e. The molecule has 0 spiro atoms. The lowest BCUT2D eigenvalue weighted by molar-refractivity contribution is 0.364. The predicted octanol–water partition coefficient (Wildman–Crippen LogP) is 5.02. The first-order valence-electron chi connectivity index (χ1n) is 8.37. The van der Waals surface area contributed by atoms with E-state index >= 15 is 0 Å². The summed E-state index contributed by atoms with van der Waals surface area (Å²) < 4.78 is 7.57. The average Bonchev–Trinajstić information content (AvgIpc) is 3.14. The number of aryl methyl sites for hydroxylation is 2. The molecule has 0 aliphatic carbocycles. The molecule has 0 saturated heterocycles. The summed E-state index contributed by atoms with van der Waals surface area (Å²) in [6.07, 6.45) is 3.80. The van der Waals surface area contributed by atoms with Gasteiger partial charge in [0, 0.05) is 23.5 Å². The molecule has 3 rings (SSSR count). The van der Waals surface area contributed by atoms with Gasteiger partial charge in [-0.15, -0.1) is 0 Å². The second-order valence-electron chi connectivity index (χ2n) is 7.39. The Morgan fingerprint density at radius 2 is 1.80 bits per heavy atom. The van der Waals surface area contributed by atoms with E-state index in [1.165, 1.54) is 11.1 Å². The van der Waals surface area contributed by atoms with Crippen LogP contribution in [0.25, 0.3) is 5.69 Å². The third-order valence-corrected chi connectivity index (χ3v) is 4.90. The smallest absolute Gasteiger partial charge is 0.239 e. The molecule has 1 unspecified atom stereocenters. The highest BCUT2D eigenvalue weighted by Crippen LogP contribution is 2.35. The van der Waals surface area contributed by atoms with Crippen LogP contribution in [0.2, 0.25) is 0 Å². The molecule has 132 valence electrons. The van der Waals surface area contributed by atoms with Crippen LogP contribution in [0.4, 0.5) is 0 Å². The molecule has 0 fully saturated rings. The molecule has 0 aliphatic rings. The van der Waals surface area contributed by atoms with Gasteiger partial charge in [-0.3, -0.25) is 4.57 Å². The van der Waals surface area contributed by atoms with Crippen LogP contribution < -0.4 is 0 Å². The third-order valence-electron chi connectivity index (χ3n) is 3.83. The fourth-order valence-corrected chi connectivity index (χ4v) is 3.49. The molecule has 0 amide bonds. The van der Waals surface area contributed by atoms with Gasteiger partial charge in [-0.05, 0) is 44.0 Å². The maximum absolute atomic E-state index is 5.47. The van der Waals surface area contributed by atoms with Crippen molar-refractivity contribution in [1.29, 1.82) is 0 Å². The van der Waals surface area contributed by atoms with Crippen molar-refractivity contribution in [2.75, 3.05) is 0 Å². The first-order valence-corrected chi connectivity index (χ1v) is 9.25. The minimum absolute atomic E-state index is 0.0238. The molecule has 0 bridgehead atoms. The molecule has 0 N–H and O–H groups in total. The highest BCUT2D eigenvalue weighted by molar-refractivity contribution is 7.99. The zero-order chi connectivity index (χ0) is 18.2. The number of benzene rings is 1. The van der Waals surface area contributed by atoms with Crippen molar-refractivity contribution < 1.29 is 4.52 Å².